The molecule has 0 spiro atoms. The minimum Gasteiger partial charge on any atom is -0.460 e. The number of carbonyl (C=O) groups excluding carboxylic acids is 2. The van der Waals surface area contributed by atoms with Gasteiger partial charge in [-0.1, -0.05) is 0 Å². The Kier molecular flexibility index (Phi) is 6.95. The maximum absolute atomic E-state index is 12.7. The van der Waals surface area contributed by atoms with E-state index in [1.54, 1.807) is 40.0 Å². The predicted molar refractivity (Wildman–Crippen MR) is 97.1 cm³/mol. The number of halogens is 2. The van der Waals surface area contributed by atoms with Crippen LogP contribution in [0.1, 0.15) is 29.7 Å². The third kappa shape index (κ3) is 4.59. The molecule has 0 saturated carbocycles. The van der Waals surface area contributed by atoms with E-state index in [2.05, 4.69) is 10.1 Å². The van der Waals surface area contributed by atoms with Crippen LogP contribution in [0.2, 0.25) is 0 Å². The molecule has 28 heavy (non-hydrogen) atoms. The molecule has 1 aliphatic heterocycles. The molecule has 1 heterocycles. The molecule has 0 fully saturated rings. The molecule has 0 aliphatic carbocycles. The van der Waals surface area contributed by atoms with Gasteiger partial charge in [0.15, 0.2) is 0 Å². The van der Waals surface area contributed by atoms with Crippen LogP contribution in [0.4, 0.5) is 13.6 Å². The second-order valence-electron chi connectivity index (χ2n) is 6.43. The number of hydrogen-bond acceptors (Lipinski definition) is 5. The van der Waals surface area contributed by atoms with Gasteiger partial charge in [-0.3, -0.25) is 0 Å². The maximum atomic E-state index is 12.7. The highest BCUT2D eigenvalue weighted by molar-refractivity contribution is 5.95. The Hall–Kier alpha value is -2.68. The fraction of sp³-hybridized carbons (Fsp3) is 0.474. The zero-order valence-electron chi connectivity index (χ0n) is 16.5. The number of allylic oxidation sites excluding steroid dienone is 1. The van der Waals surface area contributed by atoms with Crippen molar-refractivity contribution in [2.24, 2.45) is 0 Å². The number of aryl methyl sites for hydroxylation is 2. The SMILES string of the molecule is COCCOC(=O)C1=C(C)N(C)C(=O)N[C@@H]1c1cc(C)c(OC(F)F)c(C)c1. The average Bonchev–Trinajstić information content (AvgIpc) is 2.62. The molecular weight excluding hydrogens is 374 g/mol. The summed E-state index contributed by atoms with van der Waals surface area (Å²) in [6.07, 6.45) is 0. The van der Waals surface area contributed by atoms with E-state index >= 15 is 0 Å². The maximum Gasteiger partial charge on any atom is 0.387 e. The molecule has 0 unspecified atom stereocenters. The van der Waals surface area contributed by atoms with Gasteiger partial charge in [0.05, 0.1) is 18.2 Å². The van der Waals surface area contributed by atoms with E-state index in [1.165, 1.54) is 12.0 Å². The first-order valence-corrected chi connectivity index (χ1v) is 8.64. The van der Waals surface area contributed by atoms with Gasteiger partial charge in [-0.2, -0.15) is 8.78 Å². The van der Waals surface area contributed by atoms with Gasteiger partial charge in [-0.15, -0.1) is 0 Å². The highest BCUT2D eigenvalue weighted by Crippen LogP contribution is 2.35. The lowest BCUT2D eigenvalue weighted by Gasteiger charge is -2.33. The highest BCUT2D eigenvalue weighted by atomic mass is 19.3. The number of nitrogens with one attached hydrogen (secondary N) is 1. The van der Waals surface area contributed by atoms with Crippen LogP contribution >= 0.6 is 0 Å². The molecule has 1 N–H and O–H groups in total. The molecule has 1 aliphatic rings. The van der Waals surface area contributed by atoms with Crippen LogP contribution in [-0.2, 0) is 14.3 Å². The zero-order chi connectivity index (χ0) is 21.0. The minimum atomic E-state index is -2.94. The Morgan fingerprint density at radius 3 is 2.36 bits per heavy atom. The van der Waals surface area contributed by atoms with Crippen molar-refractivity contribution >= 4 is 12.0 Å². The van der Waals surface area contributed by atoms with Crippen molar-refractivity contribution in [3.8, 4) is 5.75 Å². The molecule has 0 bridgehead atoms. The predicted octanol–water partition coefficient (Wildman–Crippen LogP) is 3.06. The van der Waals surface area contributed by atoms with Gasteiger partial charge >= 0.3 is 18.6 Å². The molecule has 2 rings (SSSR count). The largest absolute Gasteiger partial charge is 0.460 e. The number of nitrogens with zero attached hydrogens (tertiary/aromatic N) is 1. The number of ether oxygens (including phenoxy) is 3. The first-order chi connectivity index (χ1) is 13.2. The van der Waals surface area contributed by atoms with Gasteiger partial charge in [0, 0.05) is 19.9 Å². The summed E-state index contributed by atoms with van der Waals surface area (Å²) in [5, 5.41) is 2.76. The van der Waals surface area contributed by atoms with Crippen molar-refractivity contribution in [3.63, 3.8) is 0 Å². The van der Waals surface area contributed by atoms with E-state index in [1.807, 2.05) is 0 Å². The van der Waals surface area contributed by atoms with Crippen LogP contribution in [0, 0.1) is 13.8 Å². The second-order valence-corrected chi connectivity index (χ2v) is 6.43. The fourth-order valence-electron chi connectivity index (χ4n) is 3.07. The fourth-order valence-corrected chi connectivity index (χ4v) is 3.07. The van der Waals surface area contributed by atoms with Crippen molar-refractivity contribution in [2.45, 2.75) is 33.4 Å². The number of rotatable bonds is 7. The Labute approximate surface area is 162 Å². The zero-order valence-corrected chi connectivity index (χ0v) is 16.5. The van der Waals surface area contributed by atoms with Gasteiger partial charge in [-0.25, -0.2) is 9.59 Å². The smallest absolute Gasteiger partial charge is 0.387 e. The first-order valence-electron chi connectivity index (χ1n) is 8.64. The van der Waals surface area contributed by atoms with Crippen molar-refractivity contribution in [1.82, 2.24) is 10.2 Å². The molecule has 9 heteroatoms. The number of methoxy groups -OCH3 is 1. The number of alkyl halides is 2. The molecule has 154 valence electrons. The van der Waals surface area contributed by atoms with E-state index in [9.17, 15) is 18.4 Å². The third-order valence-corrected chi connectivity index (χ3v) is 4.52. The number of carbonyl (C=O) groups is 2. The molecule has 7 nitrogen and oxygen atoms in total. The molecule has 1 atom stereocenters. The van der Waals surface area contributed by atoms with Crippen LogP contribution < -0.4 is 10.1 Å². The average molecular weight is 398 g/mol. The summed E-state index contributed by atoms with van der Waals surface area (Å²) in [6, 6.07) is 2.05. The van der Waals surface area contributed by atoms with E-state index in [0.29, 0.717) is 22.4 Å². The number of urea groups is 1. The molecule has 2 amide bonds. The number of esters is 1. The lowest BCUT2D eigenvalue weighted by Crippen LogP contribution is -2.46. The molecule has 0 saturated heterocycles. The van der Waals surface area contributed by atoms with Crippen molar-refractivity contribution in [2.75, 3.05) is 27.4 Å². The van der Waals surface area contributed by atoms with Gasteiger partial charge in [0.1, 0.15) is 12.4 Å². The topological polar surface area (TPSA) is 77.1 Å². The van der Waals surface area contributed by atoms with Gasteiger partial charge in [0.25, 0.3) is 0 Å². The summed E-state index contributed by atoms with van der Waals surface area (Å²) in [5.41, 5.74) is 2.21. The molecule has 1 aromatic rings. The molecular formula is C19H24F2N2O5. The molecule has 0 aromatic heterocycles. The summed E-state index contributed by atoms with van der Waals surface area (Å²) in [7, 11) is 3.03. The quantitative estimate of drug-likeness (QED) is 0.564. The number of amides is 2. The van der Waals surface area contributed by atoms with Crippen LogP contribution in [0.25, 0.3) is 0 Å². The van der Waals surface area contributed by atoms with Crippen LogP contribution in [-0.4, -0.2) is 50.9 Å². The highest BCUT2D eigenvalue weighted by Gasteiger charge is 2.35. The number of benzene rings is 1. The molecule has 1 aromatic carbocycles. The normalized spacial score (nSPS) is 17.1. The summed E-state index contributed by atoms with van der Waals surface area (Å²) in [6.45, 7) is 2.25. The first kappa shape index (κ1) is 21.6. The number of hydrogen-bond donors (Lipinski definition) is 1. The van der Waals surface area contributed by atoms with E-state index in [4.69, 9.17) is 9.47 Å². The second kappa shape index (κ2) is 9.01. The Balaban J connectivity index is 2.46. The van der Waals surface area contributed by atoms with Crippen LogP contribution in [0.3, 0.4) is 0 Å². The summed E-state index contributed by atoms with van der Waals surface area (Å²) < 4.78 is 40.0. The monoisotopic (exact) mass is 398 g/mol. The summed E-state index contributed by atoms with van der Waals surface area (Å²) in [4.78, 5) is 26.3. The lowest BCUT2D eigenvalue weighted by molar-refractivity contribution is -0.140. The van der Waals surface area contributed by atoms with E-state index in [-0.39, 0.29) is 30.6 Å². The van der Waals surface area contributed by atoms with Crippen molar-refractivity contribution in [1.29, 1.82) is 0 Å². The Morgan fingerprint density at radius 2 is 1.82 bits per heavy atom. The van der Waals surface area contributed by atoms with Crippen molar-refractivity contribution < 1.29 is 32.6 Å². The van der Waals surface area contributed by atoms with Crippen molar-refractivity contribution in [3.05, 3.63) is 40.1 Å². The minimum absolute atomic E-state index is 0.0652. The van der Waals surface area contributed by atoms with Gasteiger partial charge in [0.2, 0.25) is 0 Å². The van der Waals surface area contributed by atoms with E-state index < -0.39 is 18.6 Å². The Bertz CT molecular complexity index is 772. The Morgan fingerprint density at radius 1 is 1.21 bits per heavy atom. The third-order valence-electron chi connectivity index (χ3n) is 4.52. The van der Waals surface area contributed by atoms with E-state index in [0.717, 1.165) is 0 Å². The van der Waals surface area contributed by atoms with Crippen LogP contribution in [0.5, 0.6) is 5.75 Å². The molecule has 0 radical (unpaired) electrons. The van der Waals surface area contributed by atoms with Gasteiger partial charge in [-0.05, 0) is 49.6 Å². The standard InChI is InChI=1S/C19H24F2N2O5/c1-10-8-13(9-11(2)16(10)28-18(20)21)15-14(17(24)27-7-6-26-5)12(3)23(4)19(25)22-15/h8-9,15,18H,6-7H2,1-5H3,(H,22,25)/t15-/m1/s1. The van der Waals surface area contributed by atoms with Crippen LogP contribution in [0.15, 0.2) is 23.4 Å². The van der Waals surface area contributed by atoms with Gasteiger partial charge < -0.3 is 24.4 Å². The summed E-state index contributed by atoms with van der Waals surface area (Å²) >= 11 is 0. The lowest BCUT2D eigenvalue weighted by atomic mass is 9.92. The summed E-state index contributed by atoms with van der Waals surface area (Å²) in [5.74, 6) is -0.516.